The fraction of sp³-hybridized carbons (Fsp3) is 0.500. The molecule has 0 aromatic carbocycles. The van der Waals surface area contributed by atoms with E-state index < -0.39 is 0 Å². The first-order valence-electron chi connectivity index (χ1n) is 5.06. The predicted molar refractivity (Wildman–Crippen MR) is 57.0 cm³/mol. The highest BCUT2D eigenvalue weighted by Gasteiger charge is 2.37. The lowest BCUT2D eigenvalue weighted by atomic mass is 9.70. The average Bonchev–Trinajstić information content (AvgIpc) is 2.57. The summed E-state index contributed by atoms with van der Waals surface area (Å²) in [6.45, 7) is 2.22. The van der Waals surface area contributed by atoms with E-state index in [0.29, 0.717) is 0 Å². The zero-order chi connectivity index (χ0) is 10.5. The quantitative estimate of drug-likeness (QED) is 0.743. The van der Waals surface area contributed by atoms with E-state index in [9.17, 15) is 0 Å². The van der Waals surface area contributed by atoms with Gasteiger partial charge in [-0.3, -0.25) is 0 Å². The van der Waals surface area contributed by atoms with Crippen molar-refractivity contribution in [1.82, 2.24) is 19.6 Å². The van der Waals surface area contributed by atoms with Crippen molar-refractivity contribution in [3.8, 4) is 0 Å². The topological polar surface area (TPSA) is 43.1 Å². The average molecular weight is 223 g/mol. The standard InChI is InChI=1S/C10H11ClN4/c1-10(3-2-4-10)8-12-5-7-6-13-9(11)14-15(7)8/h5-6H,2-4H2,1H3. The van der Waals surface area contributed by atoms with Gasteiger partial charge in [0.25, 0.3) is 0 Å². The maximum Gasteiger partial charge on any atom is 0.241 e. The number of nitrogens with zero attached hydrogens (tertiary/aromatic N) is 4. The van der Waals surface area contributed by atoms with E-state index in [4.69, 9.17) is 11.6 Å². The Balaban J connectivity index is 2.22. The third kappa shape index (κ3) is 1.24. The van der Waals surface area contributed by atoms with Gasteiger partial charge in [-0.15, -0.1) is 5.10 Å². The van der Waals surface area contributed by atoms with Crippen LogP contribution in [0, 0.1) is 0 Å². The Bertz CT molecular complexity index is 515. The van der Waals surface area contributed by atoms with Crippen molar-refractivity contribution in [2.75, 3.05) is 0 Å². The molecular formula is C10H11ClN4. The predicted octanol–water partition coefficient (Wildman–Crippen LogP) is 2.22. The smallest absolute Gasteiger partial charge is 0.238 e. The van der Waals surface area contributed by atoms with Gasteiger partial charge in [0.2, 0.25) is 5.28 Å². The molecule has 0 radical (unpaired) electrons. The van der Waals surface area contributed by atoms with Gasteiger partial charge in [0.1, 0.15) is 11.3 Å². The van der Waals surface area contributed by atoms with Gasteiger partial charge in [-0.25, -0.2) is 14.5 Å². The summed E-state index contributed by atoms with van der Waals surface area (Å²) in [6, 6.07) is 0. The van der Waals surface area contributed by atoms with Gasteiger partial charge in [0, 0.05) is 5.41 Å². The molecule has 3 rings (SSSR count). The molecule has 4 nitrogen and oxygen atoms in total. The number of imidazole rings is 1. The molecule has 0 N–H and O–H groups in total. The molecule has 15 heavy (non-hydrogen) atoms. The molecule has 5 heteroatoms. The summed E-state index contributed by atoms with van der Waals surface area (Å²) >= 11 is 5.79. The largest absolute Gasteiger partial charge is 0.241 e. The van der Waals surface area contributed by atoms with E-state index in [1.165, 1.54) is 19.3 Å². The molecule has 1 aliphatic rings. The second-order valence-corrected chi connectivity index (χ2v) is 4.70. The summed E-state index contributed by atoms with van der Waals surface area (Å²) in [5, 5.41) is 4.46. The van der Waals surface area contributed by atoms with Crippen molar-refractivity contribution >= 4 is 17.1 Å². The molecular weight excluding hydrogens is 212 g/mol. The summed E-state index contributed by atoms with van der Waals surface area (Å²) < 4.78 is 1.81. The Kier molecular flexibility index (Phi) is 1.77. The third-order valence-corrected chi connectivity index (χ3v) is 3.42. The van der Waals surface area contributed by atoms with Gasteiger partial charge in [0.05, 0.1) is 12.4 Å². The monoisotopic (exact) mass is 222 g/mol. The van der Waals surface area contributed by atoms with Crippen molar-refractivity contribution in [2.24, 2.45) is 0 Å². The van der Waals surface area contributed by atoms with Crippen LogP contribution in [0.1, 0.15) is 32.0 Å². The van der Waals surface area contributed by atoms with Gasteiger partial charge >= 0.3 is 0 Å². The maximum absolute atomic E-state index is 5.79. The lowest BCUT2D eigenvalue weighted by Gasteiger charge is -2.36. The van der Waals surface area contributed by atoms with Crippen LogP contribution in [0.15, 0.2) is 12.4 Å². The molecule has 0 unspecified atom stereocenters. The first-order chi connectivity index (χ1) is 7.19. The van der Waals surface area contributed by atoms with Crippen molar-refractivity contribution in [3.63, 3.8) is 0 Å². The van der Waals surface area contributed by atoms with Crippen LogP contribution in [0.5, 0.6) is 0 Å². The molecule has 0 spiro atoms. The molecule has 1 saturated carbocycles. The van der Waals surface area contributed by atoms with Crippen molar-refractivity contribution in [3.05, 3.63) is 23.5 Å². The number of rotatable bonds is 1. The fourth-order valence-electron chi connectivity index (χ4n) is 2.12. The number of halogens is 1. The van der Waals surface area contributed by atoms with Crippen molar-refractivity contribution in [2.45, 2.75) is 31.6 Å². The summed E-state index contributed by atoms with van der Waals surface area (Å²) in [6.07, 6.45) is 7.12. The molecule has 2 aromatic rings. The van der Waals surface area contributed by atoms with Crippen molar-refractivity contribution < 1.29 is 0 Å². The SMILES string of the molecule is CC1(c2ncc3cnc(Cl)nn23)CCC1. The Morgan fingerprint density at radius 2 is 2.07 bits per heavy atom. The van der Waals surface area contributed by atoms with Gasteiger partial charge in [-0.05, 0) is 24.4 Å². The Morgan fingerprint density at radius 1 is 1.33 bits per heavy atom. The van der Waals surface area contributed by atoms with Crippen LogP contribution in [-0.4, -0.2) is 19.6 Å². The highest BCUT2D eigenvalue weighted by molar-refractivity contribution is 6.28. The lowest BCUT2D eigenvalue weighted by Crippen LogP contribution is -2.33. The first kappa shape index (κ1) is 9.09. The Morgan fingerprint density at radius 3 is 2.73 bits per heavy atom. The minimum absolute atomic E-state index is 0.171. The van der Waals surface area contributed by atoms with Gasteiger partial charge in [-0.2, -0.15) is 0 Å². The minimum Gasteiger partial charge on any atom is -0.238 e. The van der Waals surface area contributed by atoms with E-state index in [1.54, 1.807) is 12.4 Å². The van der Waals surface area contributed by atoms with Crippen LogP contribution in [-0.2, 0) is 5.41 Å². The number of aromatic nitrogens is 4. The lowest BCUT2D eigenvalue weighted by molar-refractivity contribution is 0.252. The van der Waals surface area contributed by atoms with E-state index in [-0.39, 0.29) is 10.7 Å². The molecule has 1 aliphatic carbocycles. The van der Waals surface area contributed by atoms with Gasteiger partial charge < -0.3 is 0 Å². The highest BCUT2D eigenvalue weighted by atomic mass is 35.5. The number of fused-ring (bicyclic) bond motifs is 1. The van der Waals surface area contributed by atoms with Crippen LogP contribution in [0.25, 0.3) is 5.52 Å². The highest BCUT2D eigenvalue weighted by Crippen LogP contribution is 2.42. The maximum atomic E-state index is 5.79. The van der Waals surface area contributed by atoms with E-state index in [0.717, 1.165) is 11.3 Å². The van der Waals surface area contributed by atoms with Crippen LogP contribution >= 0.6 is 11.6 Å². The van der Waals surface area contributed by atoms with Crippen LogP contribution in [0.3, 0.4) is 0 Å². The van der Waals surface area contributed by atoms with E-state index >= 15 is 0 Å². The second-order valence-electron chi connectivity index (χ2n) is 4.36. The van der Waals surface area contributed by atoms with Gasteiger partial charge in [-0.1, -0.05) is 13.3 Å². The summed E-state index contributed by atoms with van der Waals surface area (Å²) in [7, 11) is 0. The van der Waals surface area contributed by atoms with Gasteiger partial charge in [0.15, 0.2) is 0 Å². The summed E-state index contributed by atoms with van der Waals surface area (Å²) in [5.74, 6) is 1.01. The second kappa shape index (κ2) is 2.92. The number of hydrogen-bond acceptors (Lipinski definition) is 3. The molecule has 0 amide bonds. The molecule has 0 aliphatic heterocycles. The third-order valence-electron chi connectivity index (χ3n) is 3.25. The van der Waals surface area contributed by atoms with Crippen LogP contribution in [0.2, 0.25) is 5.28 Å². The molecule has 2 aromatic heterocycles. The summed E-state index contributed by atoms with van der Waals surface area (Å²) in [4.78, 5) is 8.37. The summed E-state index contributed by atoms with van der Waals surface area (Å²) in [5.41, 5.74) is 1.08. The van der Waals surface area contributed by atoms with Crippen LogP contribution in [0.4, 0.5) is 0 Å². The minimum atomic E-state index is 0.171. The molecule has 0 atom stereocenters. The van der Waals surface area contributed by atoms with E-state index in [1.807, 2.05) is 4.52 Å². The fourth-order valence-corrected chi connectivity index (χ4v) is 2.25. The zero-order valence-corrected chi connectivity index (χ0v) is 9.20. The number of hydrogen-bond donors (Lipinski definition) is 0. The Hall–Kier alpha value is -1.16. The normalized spacial score (nSPS) is 19.1. The van der Waals surface area contributed by atoms with E-state index in [2.05, 4.69) is 22.0 Å². The molecule has 78 valence electrons. The first-order valence-corrected chi connectivity index (χ1v) is 5.44. The van der Waals surface area contributed by atoms with Crippen LogP contribution < -0.4 is 0 Å². The molecule has 1 fully saturated rings. The Labute approximate surface area is 92.3 Å². The molecule has 2 heterocycles. The molecule has 0 bridgehead atoms. The molecule has 0 saturated heterocycles. The zero-order valence-electron chi connectivity index (χ0n) is 8.44. The van der Waals surface area contributed by atoms with Crippen molar-refractivity contribution in [1.29, 1.82) is 0 Å².